The lowest BCUT2D eigenvalue weighted by Crippen LogP contribution is -2.53. The van der Waals surface area contributed by atoms with E-state index in [4.69, 9.17) is 18.9 Å². The monoisotopic (exact) mass is 200 g/mol. The number of rotatable bonds is 0. The zero-order valence-electron chi connectivity index (χ0n) is 8.94. The molecule has 0 aromatic rings. The second-order valence-corrected chi connectivity index (χ2v) is 4.75. The molecule has 3 aliphatic heterocycles. The first-order chi connectivity index (χ1) is 6.45. The molecule has 3 heterocycles. The lowest BCUT2D eigenvalue weighted by molar-refractivity contribution is -0.313. The van der Waals surface area contributed by atoms with Crippen LogP contribution in [0.2, 0.25) is 0 Å². The molecule has 0 aromatic carbocycles. The van der Waals surface area contributed by atoms with E-state index in [2.05, 4.69) is 0 Å². The third-order valence-corrected chi connectivity index (χ3v) is 3.45. The van der Waals surface area contributed by atoms with Gasteiger partial charge in [0.15, 0.2) is 11.6 Å². The smallest absolute Gasteiger partial charge is 0.195 e. The van der Waals surface area contributed by atoms with Crippen LogP contribution in [0.5, 0.6) is 0 Å². The maximum Gasteiger partial charge on any atom is 0.195 e. The van der Waals surface area contributed by atoms with Crippen molar-refractivity contribution in [3.63, 3.8) is 0 Å². The highest BCUT2D eigenvalue weighted by Crippen LogP contribution is 2.51. The van der Waals surface area contributed by atoms with Crippen molar-refractivity contribution in [1.29, 1.82) is 0 Å². The van der Waals surface area contributed by atoms with Crippen LogP contribution >= 0.6 is 0 Å². The van der Waals surface area contributed by atoms with E-state index in [0.717, 1.165) is 0 Å². The molecule has 4 heteroatoms. The SMILES string of the molecule is C[C@H]1O[C@]2(C)O[C@H]1[C@@]1(C)O[C@@H]2[C@@H](C)O1. The van der Waals surface area contributed by atoms with Gasteiger partial charge in [0.05, 0.1) is 12.2 Å². The lowest BCUT2D eigenvalue weighted by atomic mass is 10.1. The summed E-state index contributed by atoms with van der Waals surface area (Å²) in [7, 11) is 0. The Hall–Kier alpha value is -0.160. The third-order valence-electron chi connectivity index (χ3n) is 3.45. The normalized spacial score (nSPS) is 66.0. The summed E-state index contributed by atoms with van der Waals surface area (Å²) in [5.41, 5.74) is 0. The van der Waals surface area contributed by atoms with Crippen molar-refractivity contribution in [3.05, 3.63) is 0 Å². The number of hydrogen-bond donors (Lipinski definition) is 0. The first kappa shape index (κ1) is 9.09. The van der Waals surface area contributed by atoms with E-state index >= 15 is 0 Å². The van der Waals surface area contributed by atoms with E-state index in [-0.39, 0.29) is 24.4 Å². The van der Waals surface area contributed by atoms with Crippen molar-refractivity contribution in [2.24, 2.45) is 0 Å². The molecule has 3 fully saturated rings. The molecule has 0 amide bonds. The van der Waals surface area contributed by atoms with E-state index in [9.17, 15) is 0 Å². The molecule has 14 heavy (non-hydrogen) atoms. The van der Waals surface area contributed by atoms with E-state index in [1.807, 2.05) is 27.7 Å². The van der Waals surface area contributed by atoms with Crippen molar-refractivity contribution in [2.45, 2.75) is 63.7 Å². The summed E-state index contributed by atoms with van der Waals surface area (Å²) in [6.45, 7) is 7.86. The van der Waals surface area contributed by atoms with Gasteiger partial charge in [-0.25, -0.2) is 0 Å². The Morgan fingerprint density at radius 3 is 1.43 bits per heavy atom. The second-order valence-electron chi connectivity index (χ2n) is 4.75. The van der Waals surface area contributed by atoms with Gasteiger partial charge in [-0.3, -0.25) is 0 Å². The Labute approximate surface area is 83.5 Å². The van der Waals surface area contributed by atoms with Gasteiger partial charge in [0, 0.05) is 0 Å². The molecule has 3 saturated heterocycles. The van der Waals surface area contributed by atoms with Crippen molar-refractivity contribution in [2.75, 3.05) is 0 Å². The van der Waals surface area contributed by atoms with Crippen LogP contribution < -0.4 is 0 Å². The minimum absolute atomic E-state index is 0.0301. The molecule has 0 aliphatic carbocycles. The minimum Gasteiger partial charge on any atom is -0.342 e. The molecule has 4 bridgehead atoms. The van der Waals surface area contributed by atoms with Crippen LogP contribution in [0.1, 0.15) is 27.7 Å². The zero-order valence-corrected chi connectivity index (χ0v) is 8.94. The molecule has 6 atom stereocenters. The van der Waals surface area contributed by atoms with Gasteiger partial charge in [-0.15, -0.1) is 0 Å². The molecule has 0 radical (unpaired) electrons. The first-order valence-electron chi connectivity index (χ1n) is 5.16. The molecule has 0 N–H and O–H groups in total. The van der Waals surface area contributed by atoms with Crippen LogP contribution in [0.4, 0.5) is 0 Å². The van der Waals surface area contributed by atoms with Gasteiger partial charge >= 0.3 is 0 Å². The molecule has 3 aliphatic rings. The summed E-state index contributed by atoms with van der Waals surface area (Å²) in [5.74, 6) is -1.25. The molecule has 0 spiro atoms. The third kappa shape index (κ3) is 0.877. The maximum absolute atomic E-state index is 5.89. The summed E-state index contributed by atoms with van der Waals surface area (Å²) in [4.78, 5) is 0. The van der Waals surface area contributed by atoms with E-state index in [1.54, 1.807) is 0 Å². The van der Waals surface area contributed by atoms with Crippen LogP contribution in [0.15, 0.2) is 0 Å². The number of ether oxygens (including phenoxy) is 4. The van der Waals surface area contributed by atoms with Gasteiger partial charge in [-0.2, -0.15) is 0 Å². The molecular weight excluding hydrogens is 184 g/mol. The highest BCUT2D eigenvalue weighted by atomic mass is 16.9. The van der Waals surface area contributed by atoms with Crippen LogP contribution in [-0.2, 0) is 18.9 Å². The van der Waals surface area contributed by atoms with Gasteiger partial charge in [0.1, 0.15) is 12.2 Å². The highest BCUT2D eigenvalue weighted by Gasteiger charge is 2.68. The first-order valence-corrected chi connectivity index (χ1v) is 5.16. The number of hydrogen-bond acceptors (Lipinski definition) is 4. The fourth-order valence-corrected chi connectivity index (χ4v) is 2.95. The topological polar surface area (TPSA) is 36.9 Å². The molecule has 3 rings (SSSR count). The van der Waals surface area contributed by atoms with Gasteiger partial charge < -0.3 is 18.9 Å². The summed E-state index contributed by atoms with van der Waals surface area (Å²) < 4.78 is 23.4. The quantitative estimate of drug-likeness (QED) is 0.585. The van der Waals surface area contributed by atoms with Crippen molar-refractivity contribution in [1.82, 2.24) is 0 Å². The average molecular weight is 200 g/mol. The number of fused-ring (bicyclic) bond motifs is 6. The zero-order chi connectivity index (χ0) is 10.1. The average Bonchev–Trinajstić information content (AvgIpc) is 2.49. The van der Waals surface area contributed by atoms with E-state index in [1.165, 1.54) is 0 Å². The van der Waals surface area contributed by atoms with Gasteiger partial charge in [0.25, 0.3) is 0 Å². The fraction of sp³-hybridized carbons (Fsp3) is 1.00. The summed E-state index contributed by atoms with van der Waals surface area (Å²) in [6.07, 6.45) is -0.174. The van der Waals surface area contributed by atoms with Crippen molar-refractivity contribution < 1.29 is 18.9 Å². The Bertz CT molecular complexity index is 253. The molecular formula is C10H16O4. The van der Waals surface area contributed by atoms with Crippen molar-refractivity contribution in [3.8, 4) is 0 Å². The fourth-order valence-electron chi connectivity index (χ4n) is 2.95. The second kappa shape index (κ2) is 2.32. The molecule has 0 unspecified atom stereocenters. The van der Waals surface area contributed by atoms with Crippen LogP contribution in [0.25, 0.3) is 0 Å². The summed E-state index contributed by atoms with van der Waals surface area (Å²) in [5, 5.41) is 0. The predicted octanol–water partition coefficient (Wildman–Crippen LogP) is 1.04. The molecule has 80 valence electrons. The standard InChI is InChI=1S/C10H16O4/c1-5-7-9(3)12-6(2)8(14-9)10(4,11-5)13-7/h5-8H,1-4H3/t5-,6-,7-,8-,9-,10-/m1/s1. The van der Waals surface area contributed by atoms with E-state index < -0.39 is 11.6 Å². The Morgan fingerprint density at radius 1 is 0.714 bits per heavy atom. The minimum atomic E-state index is -0.625. The van der Waals surface area contributed by atoms with E-state index in [0.29, 0.717) is 0 Å². The van der Waals surface area contributed by atoms with Gasteiger partial charge in [0.2, 0.25) is 0 Å². The Kier molecular flexibility index (Phi) is 1.51. The molecule has 0 saturated carbocycles. The van der Waals surface area contributed by atoms with Crippen molar-refractivity contribution >= 4 is 0 Å². The van der Waals surface area contributed by atoms with Crippen LogP contribution in [0, 0.1) is 0 Å². The largest absolute Gasteiger partial charge is 0.342 e. The molecule has 0 aromatic heterocycles. The lowest BCUT2D eigenvalue weighted by Gasteiger charge is -2.37. The molecule has 4 nitrogen and oxygen atoms in total. The van der Waals surface area contributed by atoms with Gasteiger partial charge in [-0.1, -0.05) is 0 Å². The summed E-state index contributed by atoms with van der Waals surface area (Å²) in [6, 6.07) is 0. The van der Waals surface area contributed by atoms with Crippen LogP contribution in [0.3, 0.4) is 0 Å². The summed E-state index contributed by atoms with van der Waals surface area (Å²) >= 11 is 0. The Morgan fingerprint density at radius 2 is 1.07 bits per heavy atom. The highest BCUT2D eigenvalue weighted by molar-refractivity contribution is 5.04. The van der Waals surface area contributed by atoms with Crippen LogP contribution in [-0.4, -0.2) is 36.0 Å². The van der Waals surface area contributed by atoms with Gasteiger partial charge in [-0.05, 0) is 27.7 Å². The Balaban J connectivity index is 2.04. The maximum atomic E-state index is 5.89. The predicted molar refractivity (Wildman–Crippen MR) is 47.7 cm³/mol.